The molecule has 0 N–H and O–H groups in total. The Hall–Kier alpha value is -1.62. The first-order valence-electron chi connectivity index (χ1n) is 8.83. The van der Waals surface area contributed by atoms with Crippen molar-refractivity contribution in [2.45, 2.75) is 12.8 Å². The van der Waals surface area contributed by atoms with Crippen molar-refractivity contribution in [2.24, 2.45) is 0 Å². The fraction of sp³-hybridized carbons (Fsp3) is 0.350. The molecule has 2 aromatic heterocycles. The number of anilines is 1. The predicted molar refractivity (Wildman–Crippen MR) is 107 cm³/mol. The Bertz CT molecular complexity index is 957. The summed E-state index contributed by atoms with van der Waals surface area (Å²) in [5.41, 5.74) is 6.35. The van der Waals surface area contributed by atoms with Crippen LogP contribution in [0.2, 0.25) is 5.02 Å². The smallest absolute Gasteiger partial charge is 0.0773 e. The average molecular weight is 370 g/mol. The van der Waals surface area contributed by atoms with Gasteiger partial charge in [0.2, 0.25) is 0 Å². The number of halogens is 1. The Balaban J connectivity index is 1.77. The minimum absolute atomic E-state index is 0.789. The molecule has 3 aromatic rings. The molecule has 1 aliphatic heterocycles. The number of hydrogen-bond acceptors (Lipinski definition) is 4. The van der Waals surface area contributed by atoms with Gasteiger partial charge in [-0.2, -0.15) is 0 Å². The van der Waals surface area contributed by atoms with Crippen LogP contribution in [0.5, 0.6) is 0 Å². The molecule has 3 heterocycles. The first-order chi connectivity index (χ1) is 12.2. The summed E-state index contributed by atoms with van der Waals surface area (Å²) in [6.07, 6.45) is 2.19. The van der Waals surface area contributed by atoms with Crippen LogP contribution in [0.15, 0.2) is 29.6 Å². The highest BCUT2D eigenvalue weighted by atomic mass is 35.5. The second-order valence-electron chi connectivity index (χ2n) is 7.00. The van der Waals surface area contributed by atoms with Crippen molar-refractivity contribution in [2.75, 3.05) is 38.1 Å². The highest BCUT2D eigenvalue weighted by Crippen LogP contribution is 2.43. The lowest BCUT2D eigenvalue weighted by molar-refractivity contribution is 0.313. The van der Waals surface area contributed by atoms with Crippen molar-refractivity contribution in [1.29, 1.82) is 0 Å². The summed E-state index contributed by atoms with van der Waals surface area (Å²) in [5.74, 6) is 0. The zero-order chi connectivity index (χ0) is 17.0. The summed E-state index contributed by atoms with van der Waals surface area (Å²) in [6, 6.07) is 8.36. The van der Waals surface area contributed by atoms with E-state index >= 15 is 0 Å². The second-order valence-corrected chi connectivity index (χ2v) is 8.43. The first-order valence-corrected chi connectivity index (χ1v) is 10.1. The SMILES string of the molecule is CN1CCN(c2c3c(nc4ccc(Cl)cc24)-c2ccsc2CC3)CC1. The van der Waals surface area contributed by atoms with Gasteiger partial charge in [-0.3, -0.25) is 0 Å². The summed E-state index contributed by atoms with van der Waals surface area (Å²) in [5, 5.41) is 4.19. The van der Waals surface area contributed by atoms with E-state index in [9.17, 15) is 0 Å². The van der Waals surface area contributed by atoms with E-state index in [1.165, 1.54) is 32.8 Å². The molecule has 1 aliphatic carbocycles. The third-order valence-electron chi connectivity index (χ3n) is 5.44. The van der Waals surface area contributed by atoms with Crippen LogP contribution in [-0.2, 0) is 12.8 Å². The largest absolute Gasteiger partial charge is 0.368 e. The Labute approximate surface area is 156 Å². The molecule has 0 saturated carbocycles. The molecule has 128 valence electrons. The van der Waals surface area contributed by atoms with Crippen LogP contribution < -0.4 is 4.90 Å². The van der Waals surface area contributed by atoms with Crippen LogP contribution in [0.25, 0.3) is 22.2 Å². The summed E-state index contributed by atoms with van der Waals surface area (Å²) in [4.78, 5) is 11.5. The zero-order valence-corrected chi connectivity index (χ0v) is 15.8. The van der Waals surface area contributed by atoms with Gasteiger partial charge in [0.25, 0.3) is 0 Å². The van der Waals surface area contributed by atoms with Crippen molar-refractivity contribution < 1.29 is 0 Å². The third kappa shape index (κ3) is 2.55. The molecule has 0 amide bonds. The van der Waals surface area contributed by atoms with Gasteiger partial charge >= 0.3 is 0 Å². The van der Waals surface area contributed by atoms with Crippen molar-refractivity contribution in [3.8, 4) is 11.3 Å². The number of hydrogen-bond donors (Lipinski definition) is 0. The maximum Gasteiger partial charge on any atom is 0.0773 e. The molecule has 0 radical (unpaired) electrons. The number of aryl methyl sites for hydroxylation is 1. The Morgan fingerprint density at radius 1 is 1.08 bits per heavy atom. The van der Waals surface area contributed by atoms with Crippen LogP contribution in [0, 0.1) is 0 Å². The number of nitrogens with zero attached hydrogens (tertiary/aromatic N) is 3. The van der Waals surface area contributed by atoms with E-state index in [1.807, 2.05) is 17.4 Å². The maximum atomic E-state index is 6.35. The molecular weight excluding hydrogens is 350 g/mol. The van der Waals surface area contributed by atoms with E-state index in [2.05, 4.69) is 40.4 Å². The summed E-state index contributed by atoms with van der Waals surface area (Å²) < 4.78 is 0. The normalized spacial score (nSPS) is 17.6. The molecule has 0 atom stereocenters. The Kier molecular flexibility index (Phi) is 3.73. The number of likely N-dealkylation sites (N-methyl/N-ethyl adjacent to an activating group) is 1. The van der Waals surface area contributed by atoms with Gasteiger partial charge in [-0.15, -0.1) is 11.3 Å². The molecule has 0 spiro atoms. The summed E-state index contributed by atoms with van der Waals surface area (Å²) in [7, 11) is 2.20. The van der Waals surface area contributed by atoms with E-state index < -0.39 is 0 Å². The number of pyridine rings is 1. The average Bonchev–Trinajstić information content (AvgIpc) is 3.10. The molecule has 0 bridgehead atoms. The number of rotatable bonds is 1. The number of piperazine rings is 1. The molecule has 1 aromatic carbocycles. The van der Waals surface area contributed by atoms with Gasteiger partial charge < -0.3 is 9.80 Å². The van der Waals surface area contributed by atoms with Gasteiger partial charge in [0, 0.05) is 52.6 Å². The molecular formula is C20H20ClN3S. The van der Waals surface area contributed by atoms with Gasteiger partial charge in [0.1, 0.15) is 0 Å². The van der Waals surface area contributed by atoms with Crippen LogP contribution in [0.3, 0.4) is 0 Å². The molecule has 3 nitrogen and oxygen atoms in total. The topological polar surface area (TPSA) is 19.4 Å². The standard InChI is InChI=1S/C20H20ClN3S/c1-23-7-9-24(10-8-23)20-15-3-5-18-14(6-11-25-18)19(15)22-17-4-2-13(21)12-16(17)20/h2,4,6,11-12H,3,5,7-10H2,1H3. The molecule has 5 rings (SSSR count). The van der Waals surface area contributed by atoms with Gasteiger partial charge in [0.15, 0.2) is 0 Å². The lowest BCUT2D eigenvalue weighted by Gasteiger charge is -2.37. The van der Waals surface area contributed by atoms with E-state index in [1.54, 1.807) is 0 Å². The lowest BCUT2D eigenvalue weighted by atomic mass is 9.91. The third-order valence-corrected chi connectivity index (χ3v) is 6.66. The quantitative estimate of drug-likeness (QED) is 0.631. The summed E-state index contributed by atoms with van der Waals surface area (Å²) >= 11 is 8.20. The predicted octanol–water partition coefficient (Wildman–Crippen LogP) is 4.47. The van der Waals surface area contributed by atoms with Crippen molar-refractivity contribution in [1.82, 2.24) is 9.88 Å². The van der Waals surface area contributed by atoms with Crippen molar-refractivity contribution >= 4 is 39.5 Å². The van der Waals surface area contributed by atoms with E-state index in [4.69, 9.17) is 16.6 Å². The van der Waals surface area contributed by atoms with Gasteiger partial charge in [-0.1, -0.05) is 11.6 Å². The lowest BCUT2D eigenvalue weighted by Crippen LogP contribution is -2.45. The van der Waals surface area contributed by atoms with Gasteiger partial charge in [-0.25, -0.2) is 4.98 Å². The highest BCUT2D eigenvalue weighted by Gasteiger charge is 2.27. The van der Waals surface area contributed by atoms with Crippen LogP contribution in [0.1, 0.15) is 10.4 Å². The first kappa shape index (κ1) is 15.6. The highest BCUT2D eigenvalue weighted by molar-refractivity contribution is 7.10. The molecule has 1 fully saturated rings. The zero-order valence-electron chi connectivity index (χ0n) is 14.3. The maximum absolute atomic E-state index is 6.35. The molecule has 25 heavy (non-hydrogen) atoms. The number of fused-ring (bicyclic) bond motifs is 4. The Morgan fingerprint density at radius 2 is 1.92 bits per heavy atom. The minimum Gasteiger partial charge on any atom is -0.368 e. The molecule has 1 saturated heterocycles. The van der Waals surface area contributed by atoms with Crippen molar-refractivity contribution in [3.05, 3.63) is 45.1 Å². The minimum atomic E-state index is 0.789. The van der Waals surface area contributed by atoms with Gasteiger partial charge in [-0.05, 0) is 49.5 Å². The van der Waals surface area contributed by atoms with Crippen LogP contribution in [0.4, 0.5) is 5.69 Å². The second kappa shape index (κ2) is 5.97. The van der Waals surface area contributed by atoms with E-state index in [-0.39, 0.29) is 0 Å². The molecule has 5 heteroatoms. The van der Waals surface area contributed by atoms with Crippen molar-refractivity contribution in [3.63, 3.8) is 0 Å². The fourth-order valence-corrected chi connectivity index (χ4v) is 5.14. The monoisotopic (exact) mass is 369 g/mol. The van der Waals surface area contributed by atoms with Gasteiger partial charge in [0.05, 0.1) is 16.9 Å². The number of aromatic nitrogens is 1. The van der Waals surface area contributed by atoms with E-state index in [0.29, 0.717) is 0 Å². The fourth-order valence-electron chi connectivity index (χ4n) is 4.09. The summed E-state index contributed by atoms with van der Waals surface area (Å²) in [6.45, 7) is 4.32. The number of benzene rings is 1. The van der Waals surface area contributed by atoms with Crippen LogP contribution in [-0.4, -0.2) is 43.1 Å². The molecule has 0 unspecified atom stereocenters. The Morgan fingerprint density at radius 3 is 2.76 bits per heavy atom. The van der Waals surface area contributed by atoms with Crippen LogP contribution >= 0.6 is 22.9 Å². The molecule has 2 aliphatic rings. The number of thiophene rings is 1. The van der Waals surface area contributed by atoms with E-state index in [0.717, 1.165) is 49.6 Å².